The predicted octanol–water partition coefficient (Wildman–Crippen LogP) is 0.595. The van der Waals surface area contributed by atoms with Crippen molar-refractivity contribution in [1.29, 1.82) is 0 Å². The molecule has 0 radical (unpaired) electrons. The number of nitrogens with two attached hydrogens (primary N) is 1. The van der Waals surface area contributed by atoms with Gasteiger partial charge in [-0.1, -0.05) is 0 Å². The summed E-state index contributed by atoms with van der Waals surface area (Å²) >= 11 is 0. The first-order valence-electron chi connectivity index (χ1n) is 8.66. The van der Waals surface area contributed by atoms with Crippen LogP contribution in [0.4, 0.5) is 4.79 Å². The molecule has 2 amide bonds. The Labute approximate surface area is 157 Å². The number of likely N-dealkylation sites (tertiary alicyclic amines) is 1. The Morgan fingerprint density at radius 1 is 1.25 bits per heavy atom. The van der Waals surface area contributed by atoms with Crippen LogP contribution in [0.3, 0.4) is 0 Å². The quantitative estimate of drug-likeness (QED) is 0.596. The van der Waals surface area contributed by atoms with E-state index < -0.39 is 17.7 Å². The average molecular weight is 383 g/mol. The molecule has 1 aliphatic heterocycles. The second kappa shape index (κ2) is 6.76. The van der Waals surface area contributed by atoms with Gasteiger partial charge in [-0.25, -0.2) is 19.6 Å². The zero-order valence-electron chi connectivity index (χ0n) is 14.7. The molecule has 11 heteroatoms. The molecular weight excluding hydrogens is 366 g/mol. The van der Waals surface area contributed by atoms with Crippen molar-refractivity contribution >= 4 is 23.2 Å². The van der Waals surface area contributed by atoms with Crippen LogP contribution in [0.15, 0.2) is 29.3 Å². The molecule has 0 aliphatic carbocycles. The summed E-state index contributed by atoms with van der Waals surface area (Å²) in [6.45, 7) is 0.616. The highest BCUT2D eigenvalue weighted by Gasteiger charge is 2.28. The van der Waals surface area contributed by atoms with E-state index in [1.165, 1.54) is 9.47 Å². The Morgan fingerprint density at radius 3 is 2.61 bits per heavy atom. The van der Waals surface area contributed by atoms with Crippen LogP contribution in [-0.2, 0) is 0 Å². The summed E-state index contributed by atoms with van der Waals surface area (Å²) in [5, 5.41) is 9.11. The lowest BCUT2D eigenvalue weighted by Crippen LogP contribution is -2.39. The summed E-state index contributed by atoms with van der Waals surface area (Å²) in [5.74, 6) is -0.559. The van der Waals surface area contributed by atoms with E-state index in [1.54, 1.807) is 24.5 Å². The van der Waals surface area contributed by atoms with Crippen molar-refractivity contribution in [3.05, 3.63) is 40.7 Å². The smallest absolute Gasteiger partial charge is 0.407 e. The molecule has 0 bridgehead atoms. The first-order valence-corrected chi connectivity index (χ1v) is 8.66. The fourth-order valence-corrected chi connectivity index (χ4v) is 3.46. The molecule has 1 aliphatic rings. The van der Waals surface area contributed by atoms with Crippen LogP contribution >= 0.6 is 0 Å². The van der Waals surface area contributed by atoms with Crippen molar-refractivity contribution in [2.24, 2.45) is 5.73 Å². The first-order chi connectivity index (χ1) is 13.5. The van der Waals surface area contributed by atoms with E-state index in [9.17, 15) is 14.4 Å². The van der Waals surface area contributed by atoms with Crippen molar-refractivity contribution in [2.75, 3.05) is 13.1 Å². The molecule has 28 heavy (non-hydrogen) atoms. The molecule has 1 fully saturated rings. The number of aromatic nitrogens is 5. The fraction of sp³-hybridized carbons (Fsp3) is 0.294. The number of carboxylic acid groups (broad SMARTS) is 1. The Bertz CT molecular complexity index is 1110. The van der Waals surface area contributed by atoms with Crippen LogP contribution < -0.4 is 11.4 Å². The average Bonchev–Trinajstić information content (AvgIpc) is 3.03. The maximum Gasteiger partial charge on any atom is 0.407 e. The minimum Gasteiger partial charge on any atom is -0.465 e. The van der Waals surface area contributed by atoms with Gasteiger partial charge >= 0.3 is 11.8 Å². The van der Waals surface area contributed by atoms with Crippen LogP contribution in [0, 0.1) is 0 Å². The Morgan fingerprint density at radius 2 is 2.00 bits per heavy atom. The first kappa shape index (κ1) is 17.6. The van der Waals surface area contributed by atoms with E-state index in [-0.39, 0.29) is 28.7 Å². The molecule has 0 atom stereocenters. The van der Waals surface area contributed by atoms with Gasteiger partial charge in [0.2, 0.25) is 0 Å². The molecule has 1 saturated heterocycles. The zero-order valence-corrected chi connectivity index (χ0v) is 14.7. The topological polar surface area (TPSA) is 160 Å². The number of carbonyl (C=O) groups is 2. The number of hydrogen-bond donors (Lipinski definition) is 3. The highest BCUT2D eigenvalue weighted by atomic mass is 16.4. The van der Waals surface area contributed by atoms with Crippen LogP contribution in [0.2, 0.25) is 0 Å². The summed E-state index contributed by atoms with van der Waals surface area (Å²) in [6.07, 6.45) is 3.07. The minimum atomic E-state index is -0.984. The van der Waals surface area contributed by atoms with Crippen LogP contribution in [0.5, 0.6) is 0 Å². The second-order valence-corrected chi connectivity index (χ2v) is 6.50. The maximum atomic E-state index is 12.6. The van der Waals surface area contributed by atoms with Gasteiger partial charge in [-0.05, 0) is 25.0 Å². The zero-order chi connectivity index (χ0) is 19.8. The number of rotatable bonds is 3. The molecule has 0 saturated carbocycles. The summed E-state index contributed by atoms with van der Waals surface area (Å²) in [5.41, 5.74) is 5.96. The number of nitrogens with zero attached hydrogens (tertiary/aromatic N) is 5. The van der Waals surface area contributed by atoms with Gasteiger partial charge in [0.25, 0.3) is 5.91 Å². The molecular formula is C17H17N7O4. The number of imidazole rings is 1. The number of carbonyl (C=O) groups excluding carboxylic acids is 1. The number of nitrogens with one attached hydrogen (secondary N) is 1. The summed E-state index contributed by atoms with van der Waals surface area (Å²) in [7, 11) is 0. The normalized spacial score (nSPS) is 15.1. The standard InChI is InChI=1S/C17H17N7O4/c18-13(25)11-12-15(22-14(20-11)9-2-1-5-19-8-9)24(16(26)21-12)10-3-6-23(7-4-10)17(27)28/h1-2,5,8,10H,3-4,6-7H2,(H2,18,25)(H,21,26)(H,27,28). The van der Waals surface area contributed by atoms with Gasteiger partial charge in [0.1, 0.15) is 5.52 Å². The number of pyridine rings is 1. The van der Waals surface area contributed by atoms with Gasteiger partial charge in [0.05, 0.1) is 0 Å². The minimum absolute atomic E-state index is 0.0809. The molecule has 0 unspecified atom stereocenters. The second-order valence-electron chi connectivity index (χ2n) is 6.50. The lowest BCUT2D eigenvalue weighted by Gasteiger charge is -2.30. The van der Waals surface area contributed by atoms with E-state index >= 15 is 0 Å². The third kappa shape index (κ3) is 2.96. The van der Waals surface area contributed by atoms with E-state index in [2.05, 4.69) is 19.9 Å². The van der Waals surface area contributed by atoms with E-state index in [4.69, 9.17) is 10.8 Å². The van der Waals surface area contributed by atoms with Gasteiger partial charge in [-0.3, -0.25) is 14.3 Å². The highest BCUT2D eigenvalue weighted by Crippen LogP contribution is 2.26. The molecule has 3 aromatic heterocycles. The maximum absolute atomic E-state index is 12.6. The monoisotopic (exact) mass is 383 g/mol. The number of fused-ring (bicyclic) bond motifs is 1. The number of hydrogen-bond acceptors (Lipinski definition) is 6. The molecule has 4 N–H and O–H groups in total. The molecule has 144 valence electrons. The van der Waals surface area contributed by atoms with Gasteiger partial charge in [0, 0.05) is 37.1 Å². The van der Waals surface area contributed by atoms with Gasteiger partial charge < -0.3 is 20.7 Å². The largest absolute Gasteiger partial charge is 0.465 e. The van der Waals surface area contributed by atoms with Crippen molar-refractivity contribution in [1.82, 2.24) is 29.4 Å². The Hall–Kier alpha value is -3.76. The number of aromatic amines is 1. The van der Waals surface area contributed by atoms with Gasteiger partial charge in [0.15, 0.2) is 17.2 Å². The molecule has 0 aromatic carbocycles. The molecule has 3 aromatic rings. The van der Waals surface area contributed by atoms with E-state index in [1.807, 2.05) is 0 Å². The lowest BCUT2D eigenvalue weighted by atomic mass is 10.1. The fourth-order valence-electron chi connectivity index (χ4n) is 3.46. The van der Waals surface area contributed by atoms with Crippen molar-refractivity contribution < 1.29 is 14.7 Å². The van der Waals surface area contributed by atoms with E-state index in [0.29, 0.717) is 31.5 Å². The molecule has 11 nitrogen and oxygen atoms in total. The van der Waals surface area contributed by atoms with Crippen LogP contribution in [0.1, 0.15) is 29.4 Å². The highest BCUT2D eigenvalue weighted by molar-refractivity contribution is 6.01. The number of piperidine rings is 1. The predicted molar refractivity (Wildman–Crippen MR) is 97.8 cm³/mol. The van der Waals surface area contributed by atoms with Gasteiger partial charge in [-0.2, -0.15) is 0 Å². The van der Waals surface area contributed by atoms with Crippen molar-refractivity contribution in [2.45, 2.75) is 18.9 Å². The number of primary amides is 1. The number of H-pyrrole nitrogens is 1. The summed E-state index contributed by atoms with van der Waals surface area (Å²) in [6, 6.07) is 3.19. The third-order valence-electron chi connectivity index (χ3n) is 4.82. The third-order valence-corrected chi connectivity index (χ3v) is 4.82. The van der Waals surface area contributed by atoms with Crippen LogP contribution in [-0.4, -0.2) is 59.6 Å². The van der Waals surface area contributed by atoms with E-state index in [0.717, 1.165) is 0 Å². The number of amides is 2. The van der Waals surface area contributed by atoms with Crippen molar-refractivity contribution in [3.8, 4) is 11.4 Å². The van der Waals surface area contributed by atoms with Crippen molar-refractivity contribution in [3.63, 3.8) is 0 Å². The van der Waals surface area contributed by atoms with Crippen LogP contribution in [0.25, 0.3) is 22.6 Å². The molecule has 0 spiro atoms. The SMILES string of the molecule is NC(=O)c1nc(-c2cccnc2)nc2c1[nH]c(=O)n2C1CCN(C(=O)O)CC1. The Kier molecular flexibility index (Phi) is 4.26. The lowest BCUT2D eigenvalue weighted by molar-refractivity contribution is 0.0996. The summed E-state index contributed by atoms with van der Waals surface area (Å²) in [4.78, 5) is 52.3. The summed E-state index contributed by atoms with van der Waals surface area (Å²) < 4.78 is 1.46. The molecule has 4 heterocycles. The van der Waals surface area contributed by atoms with Gasteiger partial charge in [-0.15, -0.1) is 0 Å². The molecule has 4 rings (SSSR count). The Balaban J connectivity index is 1.85.